The minimum atomic E-state index is -0.321. The fourth-order valence-corrected chi connectivity index (χ4v) is 4.65. The fraction of sp³-hybridized carbons (Fsp3) is 0.667. The molecule has 1 heterocycles. The molecule has 1 rings (SSSR count). The maximum atomic E-state index is 3.99. The van der Waals surface area contributed by atoms with Gasteiger partial charge in [-0.05, 0) is 28.2 Å². The average molecular weight is 204 g/mol. The Labute approximate surface area is 76.0 Å². The molecule has 0 amide bonds. The van der Waals surface area contributed by atoms with Crippen LogP contribution in [0.25, 0.3) is 0 Å². The van der Waals surface area contributed by atoms with Crippen molar-refractivity contribution in [3.05, 3.63) is 6.20 Å². The molecule has 1 N–H and O–H groups in total. The van der Waals surface area contributed by atoms with Crippen LogP contribution in [-0.4, -0.2) is 47.5 Å². The van der Waals surface area contributed by atoms with Crippen molar-refractivity contribution in [2.75, 3.05) is 28.2 Å². The molecule has 0 fully saturated rings. The zero-order chi connectivity index (χ0) is 9.14. The summed E-state index contributed by atoms with van der Waals surface area (Å²) in [6.07, 6.45) is 1.92. The van der Waals surface area contributed by atoms with Gasteiger partial charge in [-0.1, -0.05) is 0 Å². The van der Waals surface area contributed by atoms with Crippen LogP contribution < -0.4 is 5.04 Å². The summed E-state index contributed by atoms with van der Waals surface area (Å²) in [5.41, 5.74) is 0. The van der Waals surface area contributed by atoms with Crippen molar-refractivity contribution < 1.29 is 0 Å². The Bertz CT molecular complexity index is 213. The van der Waals surface area contributed by atoms with Crippen molar-refractivity contribution in [2.24, 2.45) is 0 Å². The molecular formula is C6H14N4P2. The Morgan fingerprint density at radius 1 is 1.33 bits per heavy atom. The highest BCUT2D eigenvalue weighted by Crippen LogP contribution is 2.39. The van der Waals surface area contributed by atoms with Gasteiger partial charge in [0.25, 0.3) is 0 Å². The van der Waals surface area contributed by atoms with Gasteiger partial charge in [0.05, 0.1) is 19.5 Å². The van der Waals surface area contributed by atoms with Crippen molar-refractivity contribution in [2.45, 2.75) is 0 Å². The Morgan fingerprint density at radius 2 is 1.92 bits per heavy atom. The SMILES string of the molecule is CN(C)P(c1cn[nH]p1)N(C)C. The maximum absolute atomic E-state index is 3.99. The summed E-state index contributed by atoms with van der Waals surface area (Å²) in [7, 11) is 9.20. The van der Waals surface area contributed by atoms with Gasteiger partial charge in [-0.3, -0.25) is 14.2 Å². The van der Waals surface area contributed by atoms with Gasteiger partial charge in [-0.2, -0.15) is 5.10 Å². The minimum absolute atomic E-state index is 0.321. The van der Waals surface area contributed by atoms with Crippen molar-refractivity contribution in [1.29, 1.82) is 0 Å². The van der Waals surface area contributed by atoms with E-state index in [-0.39, 0.29) is 8.22 Å². The highest BCUT2D eigenvalue weighted by molar-refractivity contribution is 7.70. The summed E-state index contributed by atoms with van der Waals surface area (Å²) in [4.78, 5) is 2.93. The van der Waals surface area contributed by atoms with E-state index >= 15 is 0 Å². The second-order valence-corrected chi connectivity index (χ2v) is 6.73. The maximum Gasteiger partial charge on any atom is 0.0794 e. The molecule has 1 aromatic rings. The topological polar surface area (TPSA) is 35.2 Å². The third kappa shape index (κ3) is 2.24. The molecule has 0 aliphatic carbocycles. The standard InChI is InChI=1S/C6H14N4P2/c1-9(2)12(10(3)4)6-5-7-8-11-6/h5H,1-4H3,(H,7,8). The van der Waals surface area contributed by atoms with Gasteiger partial charge in [0, 0.05) is 8.35 Å². The third-order valence-electron chi connectivity index (χ3n) is 1.36. The lowest BCUT2D eigenvalue weighted by atomic mass is 11.0. The Morgan fingerprint density at radius 3 is 2.25 bits per heavy atom. The molecular weight excluding hydrogens is 190 g/mol. The van der Waals surface area contributed by atoms with Crippen LogP contribution in [0.5, 0.6) is 0 Å². The van der Waals surface area contributed by atoms with E-state index < -0.39 is 0 Å². The molecule has 0 bridgehead atoms. The monoisotopic (exact) mass is 204 g/mol. The predicted molar refractivity (Wildman–Crippen MR) is 55.0 cm³/mol. The van der Waals surface area contributed by atoms with Gasteiger partial charge in [0.2, 0.25) is 0 Å². The molecule has 0 atom stereocenters. The Balaban J connectivity index is 2.81. The summed E-state index contributed by atoms with van der Waals surface area (Å²) in [6, 6.07) is 0. The average Bonchev–Trinajstić information content (AvgIpc) is 2.37. The lowest BCUT2D eigenvalue weighted by Gasteiger charge is -2.28. The number of nitrogens with one attached hydrogen (secondary N) is 1. The van der Waals surface area contributed by atoms with Gasteiger partial charge < -0.3 is 0 Å². The number of hydrogen-bond acceptors (Lipinski definition) is 3. The lowest BCUT2D eigenvalue weighted by molar-refractivity contribution is 0.585. The second-order valence-electron chi connectivity index (χ2n) is 2.81. The second kappa shape index (κ2) is 4.29. The Kier molecular flexibility index (Phi) is 3.60. The van der Waals surface area contributed by atoms with Crippen molar-refractivity contribution >= 4 is 21.6 Å². The van der Waals surface area contributed by atoms with E-state index in [4.69, 9.17) is 0 Å². The molecule has 6 heteroatoms. The van der Waals surface area contributed by atoms with Gasteiger partial charge >= 0.3 is 0 Å². The first-order valence-corrected chi connectivity index (χ1v) is 5.77. The van der Waals surface area contributed by atoms with Gasteiger partial charge in [-0.25, -0.2) is 0 Å². The van der Waals surface area contributed by atoms with E-state index in [9.17, 15) is 0 Å². The fourth-order valence-electron chi connectivity index (χ4n) is 1.06. The van der Waals surface area contributed by atoms with E-state index in [0.29, 0.717) is 0 Å². The van der Waals surface area contributed by atoms with Crippen molar-refractivity contribution in [1.82, 2.24) is 19.3 Å². The normalized spacial score (nSPS) is 12.6. The van der Waals surface area contributed by atoms with Crippen LogP contribution in [0.3, 0.4) is 0 Å². The van der Waals surface area contributed by atoms with E-state index in [1.54, 1.807) is 0 Å². The number of nitrogens with zero attached hydrogens (tertiary/aromatic N) is 3. The molecule has 0 unspecified atom stereocenters. The largest absolute Gasteiger partial charge is 0.272 e. The number of rotatable bonds is 3. The summed E-state index contributed by atoms with van der Waals surface area (Å²) < 4.78 is 4.47. The molecule has 0 aliphatic heterocycles. The zero-order valence-electron chi connectivity index (χ0n) is 7.81. The molecule has 4 nitrogen and oxygen atoms in total. The number of H-pyrrole nitrogens is 1. The molecule has 68 valence electrons. The predicted octanol–water partition coefficient (Wildman–Crippen LogP) is 1.05. The lowest BCUT2D eigenvalue weighted by Crippen LogP contribution is -2.22. The Hall–Kier alpha value is -0.0100. The highest BCUT2D eigenvalue weighted by Gasteiger charge is 2.17. The van der Waals surface area contributed by atoms with Gasteiger partial charge in [0.15, 0.2) is 0 Å². The summed E-state index contributed by atoms with van der Waals surface area (Å²) in [5, 5.41) is 5.34. The number of hydrogen-bond donors (Lipinski definition) is 1. The highest BCUT2D eigenvalue weighted by atomic mass is 31.2. The summed E-state index contributed by atoms with van der Waals surface area (Å²) in [5.74, 6) is 0. The molecule has 0 radical (unpaired) electrons. The molecule has 0 aliphatic rings. The minimum Gasteiger partial charge on any atom is -0.272 e. The van der Waals surface area contributed by atoms with Crippen LogP contribution >= 0.6 is 16.6 Å². The van der Waals surface area contributed by atoms with E-state index in [1.165, 1.54) is 5.04 Å². The third-order valence-corrected chi connectivity index (χ3v) is 4.80. The molecule has 0 saturated heterocycles. The quantitative estimate of drug-likeness (QED) is 0.747. The first kappa shape index (κ1) is 10.1. The summed E-state index contributed by atoms with van der Waals surface area (Å²) in [6.45, 7) is 0. The van der Waals surface area contributed by atoms with E-state index in [0.717, 1.165) is 8.35 Å². The van der Waals surface area contributed by atoms with Crippen LogP contribution in [0.4, 0.5) is 0 Å². The van der Waals surface area contributed by atoms with Crippen molar-refractivity contribution in [3.63, 3.8) is 0 Å². The molecule has 0 saturated carbocycles. The van der Waals surface area contributed by atoms with Crippen molar-refractivity contribution in [3.8, 4) is 0 Å². The first-order chi connectivity index (χ1) is 5.63. The van der Waals surface area contributed by atoms with Crippen LogP contribution in [0.2, 0.25) is 0 Å². The molecule has 0 spiro atoms. The molecule has 0 aromatic carbocycles. The van der Waals surface area contributed by atoms with E-state index in [2.05, 4.69) is 47.5 Å². The van der Waals surface area contributed by atoms with Crippen LogP contribution in [0.1, 0.15) is 0 Å². The molecule has 12 heavy (non-hydrogen) atoms. The van der Waals surface area contributed by atoms with Gasteiger partial charge in [-0.15, -0.1) is 0 Å². The van der Waals surface area contributed by atoms with Crippen LogP contribution in [0.15, 0.2) is 6.20 Å². The molecule has 1 aromatic heterocycles. The zero-order valence-corrected chi connectivity index (χ0v) is 9.60. The smallest absolute Gasteiger partial charge is 0.0794 e. The van der Waals surface area contributed by atoms with E-state index in [1.807, 2.05) is 6.20 Å². The number of aromatic amines is 1. The van der Waals surface area contributed by atoms with Gasteiger partial charge in [0.1, 0.15) is 0 Å². The number of aromatic nitrogens is 2. The summed E-state index contributed by atoms with van der Waals surface area (Å²) >= 11 is 0. The first-order valence-electron chi connectivity index (χ1n) is 3.63. The van der Waals surface area contributed by atoms with Crippen LogP contribution in [0, 0.1) is 0 Å². The van der Waals surface area contributed by atoms with Crippen LogP contribution in [-0.2, 0) is 0 Å².